The van der Waals surface area contributed by atoms with Gasteiger partial charge in [0.2, 0.25) is 0 Å². The van der Waals surface area contributed by atoms with Gasteiger partial charge in [0.05, 0.1) is 20.3 Å². The predicted molar refractivity (Wildman–Crippen MR) is 86.6 cm³/mol. The number of aliphatic hydroxyl groups excluding tert-OH is 1. The van der Waals surface area contributed by atoms with Crippen LogP contribution in [0.5, 0.6) is 5.75 Å². The van der Waals surface area contributed by atoms with Gasteiger partial charge in [-0.25, -0.2) is 4.79 Å². The molecule has 2 aliphatic rings. The van der Waals surface area contributed by atoms with E-state index in [0.29, 0.717) is 19.7 Å². The van der Waals surface area contributed by atoms with E-state index in [-0.39, 0.29) is 23.5 Å². The minimum atomic E-state index is -0.258. The van der Waals surface area contributed by atoms with Gasteiger partial charge in [-0.15, -0.1) is 0 Å². The Labute approximate surface area is 137 Å². The van der Waals surface area contributed by atoms with Crippen molar-refractivity contribution in [3.63, 3.8) is 0 Å². The summed E-state index contributed by atoms with van der Waals surface area (Å²) in [5.74, 6) is 0.814. The number of carbonyl (C=O) groups is 1. The molecule has 126 valence electrons. The standard InChI is InChI=1S/C18H25NO4/c1-3-4-9-23-16(21)19-11-17(13-20)10-18(17,12-19)14-5-7-15(22-2)8-6-14/h5-8,20H,3-4,9-13H2,1-2H3. The van der Waals surface area contributed by atoms with Gasteiger partial charge in [-0.3, -0.25) is 0 Å². The number of aliphatic hydroxyl groups is 1. The van der Waals surface area contributed by atoms with E-state index in [4.69, 9.17) is 9.47 Å². The second-order valence-corrected chi connectivity index (χ2v) is 6.75. The summed E-state index contributed by atoms with van der Waals surface area (Å²) in [7, 11) is 1.64. The summed E-state index contributed by atoms with van der Waals surface area (Å²) in [6.07, 6.45) is 2.55. The normalized spacial score (nSPS) is 28.4. The first-order valence-corrected chi connectivity index (χ1v) is 8.28. The molecule has 1 amide bonds. The molecule has 3 rings (SSSR count). The Bertz CT molecular complexity index is 573. The third-order valence-corrected chi connectivity index (χ3v) is 5.41. The number of amides is 1. The van der Waals surface area contributed by atoms with Gasteiger partial charge in [0.15, 0.2) is 0 Å². The maximum Gasteiger partial charge on any atom is 0.409 e. The molecule has 2 unspecified atom stereocenters. The second kappa shape index (κ2) is 6.04. The van der Waals surface area contributed by atoms with Gasteiger partial charge >= 0.3 is 6.09 Å². The molecular formula is C18H25NO4. The van der Waals surface area contributed by atoms with Gasteiger partial charge in [-0.05, 0) is 30.5 Å². The Kier molecular flexibility index (Phi) is 4.23. The van der Waals surface area contributed by atoms with E-state index in [1.54, 1.807) is 12.0 Å². The third-order valence-electron chi connectivity index (χ3n) is 5.41. The van der Waals surface area contributed by atoms with Crippen LogP contribution in [0.25, 0.3) is 0 Å². The van der Waals surface area contributed by atoms with Gasteiger partial charge in [0.1, 0.15) is 5.75 Å². The van der Waals surface area contributed by atoms with Crippen LogP contribution >= 0.6 is 0 Å². The van der Waals surface area contributed by atoms with Crippen molar-refractivity contribution in [2.45, 2.75) is 31.6 Å². The summed E-state index contributed by atoms with van der Waals surface area (Å²) in [4.78, 5) is 14.0. The number of carbonyl (C=O) groups excluding carboxylic acids is 1. The molecule has 1 saturated carbocycles. The Morgan fingerprint density at radius 1 is 1.30 bits per heavy atom. The molecule has 0 bridgehead atoms. The smallest absolute Gasteiger partial charge is 0.409 e. The van der Waals surface area contributed by atoms with E-state index in [9.17, 15) is 9.90 Å². The predicted octanol–water partition coefficient (Wildman–Crippen LogP) is 2.57. The highest BCUT2D eigenvalue weighted by molar-refractivity contribution is 5.70. The molecule has 5 nitrogen and oxygen atoms in total. The van der Waals surface area contributed by atoms with Crippen LogP contribution in [0.1, 0.15) is 31.7 Å². The molecule has 5 heteroatoms. The lowest BCUT2D eigenvalue weighted by molar-refractivity contribution is 0.0989. The van der Waals surface area contributed by atoms with Gasteiger partial charge in [0, 0.05) is 23.9 Å². The molecule has 1 aromatic carbocycles. The van der Waals surface area contributed by atoms with Crippen LogP contribution in [0.3, 0.4) is 0 Å². The number of hydrogen-bond donors (Lipinski definition) is 1. The Balaban J connectivity index is 1.73. The number of benzene rings is 1. The molecule has 1 saturated heterocycles. The highest BCUT2D eigenvalue weighted by atomic mass is 16.6. The van der Waals surface area contributed by atoms with E-state index >= 15 is 0 Å². The van der Waals surface area contributed by atoms with Gasteiger partial charge in [-0.2, -0.15) is 0 Å². The molecule has 1 heterocycles. The lowest BCUT2D eigenvalue weighted by atomic mass is 9.89. The average Bonchev–Trinajstić information content (AvgIpc) is 3.11. The molecule has 0 spiro atoms. The number of likely N-dealkylation sites (tertiary alicyclic amines) is 1. The average molecular weight is 319 g/mol. The quantitative estimate of drug-likeness (QED) is 0.819. The largest absolute Gasteiger partial charge is 0.497 e. The minimum Gasteiger partial charge on any atom is -0.497 e. The van der Waals surface area contributed by atoms with E-state index in [1.165, 1.54) is 0 Å². The summed E-state index contributed by atoms with van der Waals surface area (Å²) in [6, 6.07) is 7.96. The molecule has 1 N–H and O–H groups in total. The summed E-state index contributed by atoms with van der Waals surface area (Å²) >= 11 is 0. The first-order valence-electron chi connectivity index (χ1n) is 8.28. The fraction of sp³-hybridized carbons (Fsp3) is 0.611. The second-order valence-electron chi connectivity index (χ2n) is 6.75. The maximum atomic E-state index is 12.2. The SMILES string of the molecule is CCCCOC(=O)N1CC2(CO)CC2(c2ccc(OC)cc2)C1. The zero-order valence-electron chi connectivity index (χ0n) is 13.9. The van der Waals surface area contributed by atoms with Crippen molar-refractivity contribution >= 4 is 6.09 Å². The minimum absolute atomic E-state index is 0.0950. The molecule has 1 aliphatic heterocycles. The zero-order chi connectivity index (χ0) is 16.5. The summed E-state index contributed by atoms with van der Waals surface area (Å²) in [5, 5.41) is 9.90. The van der Waals surface area contributed by atoms with Crippen molar-refractivity contribution in [2.75, 3.05) is 33.4 Å². The van der Waals surface area contributed by atoms with Crippen LogP contribution in [-0.4, -0.2) is 49.5 Å². The first-order chi connectivity index (χ1) is 11.1. The van der Waals surface area contributed by atoms with Gasteiger partial charge in [-0.1, -0.05) is 25.5 Å². The summed E-state index contributed by atoms with van der Waals surface area (Å²) < 4.78 is 10.5. The number of unbranched alkanes of at least 4 members (excludes halogenated alkanes) is 1. The number of rotatable bonds is 6. The fourth-order valence-electron chi connectivity index (χ4n) is 3.90. The van der Waals surface area contributed by atoms with Crippen LogP contribution in [0, 0.1) is 5.41 Å². The van der Waals surface area contributed by atoms with Crippen molar-refractivity contribution in [2.24, 2.45) is 5.41 Å². The van der Waals surface area contributed by atoms with Gasteiger partial charge < -0.3 is 19.5 Å². The fourth-order valence-corrected chi connectivity index (χ4v) is 3.90. The van der Waals surface area contributed by atoms with Crippen LogP contribution in [0.4, 0.5) is 4.79 Å². The highest BCUT2D eigenvalue weighted by Gasteiger charge is 2.73. The maximum absolute atomic E-state index is 12.2. The zero-order valence-corrected chi connectivity index (χ0v) is 13.9. The lowest BCUT2D eigenvalue weighted by Crippen LogP contribution is -2.34. The van der Waals surface area contributed by atoms with E-state index < -0.39 is 0 Å². The van der Waals surface area contributed by atoms with E-state index in [1.807, 2.05) is 24.3 Å². The molecule has 2 fully saturated rings. The van der Waals surface area contributed by atoms with E-state index in [0.717, 1.165) is 30.6 Å². The van der Waals surface area contributed by atoms with Crippen molar-refractivity contribution < 1.29 is 19.4 Å². The van der Waals surface area contributed by atoms with Crippen LogP contribution < -0.4 is 4.74 Å². The molecule has 2 atom stereocenters. The molecule has 0 aromatic heterocycles. The molecular weight excluding hydrogens is 294 g/mol. The van der Waals surface area contributed by atoms with Crippen molar-refractivity contribution in [1.29, 1.82) is 0 Å². The molecule has 23 heavy (non-hydrogen) atoms. The monoisotopic (exact) mass is 319 g/mol. The molecule has 0 radical (unpaired) electrons. The van der Waals surface area contributed by atoms with E-state index in [2.05, 4.69) is 6.92 Å². The summed E-state index contributed by atoms with van der Waals surface area (Å²) in [5.41, 5.74) is 0.805. The molecule has 1 aliphatic carbocycles. The highest BCUT2D eigenvalue weighted by Crippen LogP contribution is 2.68. The Morgan fingerprint density at radius 3 is 2.65 bits per heavy atom. The van der Waals surface area contributed by atoms with Crippen LogP contribution in [0.2, 0.25) is 0 Å². The van der Waals surface area contributed by atoms with Crippen LogP contribution in [-0.2, 0) is 10.2 Å². The number of nitrogens with zero attached hydrogens (tertiary/aromatic N) is 1. The Morgan fingerprint density at radius 2 is 2.04 bits per heavy atom. The lowest BCUT2D eigenvalue weighted by Gasteiger charge is -2.21. The number of piperidine rings is 1. The van der Waals surface area contributed by atoms with Crippen molar-refractivity contribution in [3.05, 3.63) is 29.8 Å². The van der Waals surface area contributed by atoms with Crippen LogP contribution in [0.15, 0.2) is 24.3 Å². The Hall–Kier alpha value is -1.75. The third kappa shape index (κ3) is 2.57. The topological polar surface area (TPSA) is 59.0 Å². The number of ether oxygens (including phenoxy) is 2. The van der Waals surface area contributed by atoms with Crippen molar-refractivity contribution in [1.82, 2.24) is 4.90 Å². The van der Waals surface area contributed by atoms with Gasteiger partial charge in [0.25, 0.3) is 0 Å². The first kappa shape index (κ1) is 16.1. The summed E-state index contributed by atoms with van der Waals surface area (Å²) in [6.45, 7) is 3.81. The number of hydrogen-bond acceptors (Lipinski definition) is 4. The molecule has 1 aromatic rings. The van der Waals surface area contributed by atoms with Crippen molar-refractivity contribution in [3.8, 4) is 5.75 Å². The number of methoxy groups -OCH3 is 1. The number of fused-ring (bicyclic) bond motifs is 1.